The molecular formula is C16H13ClF3NO2. The highest BCUT2D eigenvalue weighted by atomic mass is 35.5. The first kappa shape index (κ1) is 17.1. The summed E-state index contributed by atoms with van der Waals surface area (Å²) in [5.41, 5.74) is 0.395. The number of carbonyl (C=O) groups excluding carboxylic acids is 1. The highest BCUT2D eigenvalue weighted by Crippen LogP contribution is 2.21. The van der Waals surface area contributed by atoms with Crippen molar-refractivity contribution >= 4 is 17.5 Å². The molecule has 0 fully saturated rings. The van der Waals surface area contributed by atoms with Gasteiger partial charge < -0.3 is 10.1 Å². The van der Waals surface area contributed by atoms with E-state index in [2.05, 4.69) is 10.1 Å². The molecule has 0 aliphatic heterocycles. The number of nitrogens with one attached hydrogen (secondary N) is 1. The molecule has 0 aliphatic rings. The predicted octanol–water partition coefficient (Wildman–Crippen LogP) is 4.57. The van der Waals surface area contributed by atoms with E-state index >= 15 is 0 Å². The molecule has 1 N–H and O–H groups in total. The van der Waals surface area contributed by atoms with Gasteiger partial charge in [0.1, 0.15) is 11.6 Å². The Kier molecular flexibility index (Phi) is 5.50. The van der Waals surface area contributed by atoms with Crippen LogP contribution >= 0.6 is 11.6 Å². The summed E-state index contributed by atoms with van der Waals surface area (Å²) in [4.78, 5) is 12.1. The van der Waals surface area contributed by atoms with Gasteiger partial charge in [0.15, 0.2) is 0 Å². The van der Waals surface area contributed by atoms with Crippen LogP contribution in [0.4, 0.5) is 13.2 Å². The van der Waals surface area contributed by atoms with Crippen molar-refractivity contribution in [3.63, 3.8) is 0 Å². The molecule has 2 aromatic rings. The lowest BCUT2D eigenvalue weighted by atomic mass is 10.1. The summed E-state index contributed by atoms with van der Waals surface area (Å²) < 4.78 is 42.5. The summed E-state index contributed by atoms with van der Waals surface area (Å²) in [5.74, 6) is -1.39. The quantitative estimate of drug-likeness (QED) is 0.863. The first-order valence-electron chi connectivity index (χ1n) is 6.67. The third kappa shape index (κ3) is 4.63. The second-order valence-electron chi connectivity index (χ2n) is 4.77. The highest BCUT2D eigenvalue weighted by molar-refractivity contribution is 6.30. The largest absolute Gasteiger partial charge is 0.435 e. The first-order chi connectivity index (χ1) is 10.9. The molecule has 0 saturated carbocycles. The fourth-order valence-electron chi connectivity index (χ4n) is 1.99. The molecule has 1 amide bonds. The van der Waals surface area contributed by atoms with E-state index in [1.54, 1.807) is 13.0 Å². The minimum Gasteiger partial charge on any atom is -0.435 e. The van der Waals surface area contributed by atoms with Crippen molar-refractivity contribution in [3.8, 4) is 5.75 Å². The number of hydrogen-bond acceptors (Lipinski definition) is 2. The van der Waals surface area contributed by atoms with Crippen LogP contribution in [-0.4, -0.2) is 12.5 Å². The van der Waals surface area contributed by atoms with E-state index in [4.69, 9.17) is 11.6 Å². The molecule has 0 spiro atoms. The monoisotopic (exact) mass is 343 g/mol. The zero-order chi connectivity index (χ0) is 17.0. The van der Waals surface area contributed by atoms with Crippen molar-refractivity contribution in [1.29, 1.82) is 0 Å². The molecule has 7 heteroatoms. The second kappa shape index (κ2) is 7.37. The number of alkyl halides is 2. The molecule has 2 aromatic carbocycles. The second-order valence-corrected chi connectivity index (χ2v) is 5.21. The average Bonchev–Trinajstić information content (AvgIpc) is 2.46. The molecule has 0 aliphatic carbocycles. The van der Waals surface area contributed by atoms with Crippen LogP contribution in [0.1, 0.15) is 28.9 Å². The van der Waals surface area contributed by atoms with Gasteiger partial charge in [0.25, 0.3) is 5.91 Å². The number of amides is 1. The molecule has 0 radical (unpaired) electrons. The Labute approximate surface area is 136 Å². The van der Waals surface area contributed by atoms with Gasteiger partial charge in [-0.05, 0) is 42.8 Å². The lowest BCUT2D eigenvalue weighted by molar-refractivity contribution is -0.0499. The highest BCUT2D eigenvalue weighted by Gasteiger charge is 2.16. The molecule has 3 nitrogen and oxygen atoms in total. The molecule has 122 valence electrons. The number of ether oxygens (including phenoxy) is 1. The Hall–Kier alpha value is -2.21. The van der Waals surface area contributed by atoms with Crippen LogP contribution in [0.2, 0.25) is 5.02 Å². The van der Waals surface area contributed by atoms with Crippen molar-refractivity contribution in [1.82, 2.24) is 5.32 Å². The van der Waals surface area contributed by atoms with Gasteiger partial charge in [-0.15, -0.1) is 0 Å². The van der Waals surface area contributed by atoms with E-state index in [0.717, 1.165) is 6.07 Å². The van der Waals surface area contributed by atoms with Crippen LogP contribution in [-0.2, 0) is 0 Å². The molecule has 23 heavy (non-hydrogen) atoms. The molecule has 0 heterocycles. The Morgan fingerprint density at radius 3 is 2.61 bits per heavy atom. The summed E-state index contributed by atoms with van der Waals surface area (Å²) in [7, 11) is 0. The van der Waals surface area contributed by atoms with Crippen LogP contribution in [0.3, 0.4) is 0 Å². The van der Waals surface area contributed by atoms with E-state index in [1.165, 1.54) is 30.3 Å². The molecule has 2 rings (SSSR count). The fourth-order valence-corrected chi connectivity index (χ4v) is 2.15. The molecule has 0 saturated heterocycles. The minimum absolute atomic E-state index is 0.0173. The third-order valence-electron chi connectivity index (χ3n) is 3.11. The molecule has 1 atom stereocenters. The Morgan fingerprint density at radius 1 is 1.22 bits per heavy atom. The standard InChI is InChI=1S/C16H13ClF3NO2/c1-9(10-3-2-4-12(7-10)23-16(19)20)21-15(22)13-6-5-11(17)8-14(13)18/h2-9,16H,1H3,(H,21,22). The Bertz CT molecular complexity index is 709. The maximum absolute atomic E-state index is 13.7. The van der Waals surface area contributed by atoms with Crippen LogP contribution in [0.5, 0.6) is 5.75 Å². The Balaban J connectivity index is 2.12. The lowest BCUT2D eigenvalue weighted by Crippen LogP contribution is -2.27. The normalized spacial score (nSPS) is 12.1. The van der Waals surface area contributed by atoms with Crippen molar-refractivity contribution < 1.29 is 22.7 Å². The molecular weight excluding hydrogens is 331 g/mol. The van der Waals surface area contributed by atoms with Crippen molar-refractivity contribution in [2.45, 2.75) is 19.6 Å². The van der Waals surface area contributed by atoms with Crippen molar-refractivity contribution in [3.05, 3.63) is 64.4 Å². The van der Waals surface area contributed by atoms with Crippen molar-refractivity contribution in [2.24, 2.45) is 0 Å². The average molecular weight is 344 g/mol. The van der Waals surface area contributed by atoms with Crippen LogP contribution in [0, 0.1) is 5.82 Å². The van der Waals surface area contributed by atoms with Gasteiger partial charge in [0.05, 0.1) is 11.6 Å². The van der Waals surface area contributed by atoms with E-state index in [9.17, 15) is 18.0 Å². The topological polar surface area (TPSA) is 38.3 Å². The lowest BCUT2D eigenvalue weighted by Gasteiger charge is -2.16. The third-order valence-corrected chi connectivity index (χ3v) is 3.34. The number of carbonyl (C=O) groups is 1. The zero-order valence-corrected chi connectivity index (χ0v) is 12.8. The number of benzene rings is 2. The number of rotatable bonds is 5. The van der Waals surface area contributed by atoms with Gasteiger partial charge in [-0.2, -0.15) is 8.78 Å². The van der Waals surface area contributed by atoms with Gasteiger partial charge >= 0.3 is 6.61 Å². The van der Waals surface area contributed by atoms with Crippen molar-refractivity contribution in [2.75, 3.05) is 0 Å². The van der Waals surface area contributed by atoms with E-state index < -0.39 is 24.4 Å². The zero-order valence-electron chi connectivity index (χ0n) is 12.0. The summed E-state index contributed by atoms with van der Waals surface area (Å²) in [6.45, 7) is -1.29. The summed E-state index contributed by atoms with van der Waals surface area (Å²) in [5, 5.41) is 2.77. The number of halogens is 4. The van der Waals surface area contributed by atoms with Crippen LogP contribution in [0.25, 0.3) is 0 Å². The van der Waals surface area contributed by atoms with E-state index in [-0.39, 0.29) is 16.3 Å². The predicted molar refractivity (Wildman–Crippen MR) is 80.4 cm³/mol. The van der Waals surface area contributed by atoms with E-state index in [0.29, 0.717) is 5.56 Å². The van der Waals surface area contributed by atoms with Gasteiger partial charge in [-0.1, -0.05) is 23.7 Å². The smallest absolute Gasteiger partial charge is 0.387 e. The summed E-state index contributed by atoms with van der Waals surface area (Å²) in [6, 6.07) is 9.12. The maximum Gasteiger partial charge on any atom is 0.387 e. The van der Waals surface area contributed by atoms with E-state index in [1.807, 2.05) is 0 Å². The SMILES string of the molecule is CC(NC(=O)c1ccc(Cl)cc1F)c1cccc(OC(F)F)c1. The van der Waals surface area contributed by atoms with Gasteiger partial charge in [0.2, 0.25) is 0 Å². The van der Waals surface area contributed by atoms with Gasteiger partial charge in [-0.3, -0.25) is 4.79 Å². The fraction of sp³-hybridized carbons (Fsp3) is 0.188. The Morgan fingerprint density at radius 2 is 1.96 bits per heavy atom. The molecule has 0 aromatic heterocycles. The van der Waals surface area contributed by atoms with Gasteiger partial charge in [0, 0.05) is 5.02 Å². The maximum atomic E-state index is 13.7. The summed E-state index contributed by atoms with van der Waals surface area (Å²) >= 11 is 5.64. The molecule has 0 bridgehead atoms. The first-order valence-corrected chi connectivity index (χ1v) is 7.05. The number of hydrogen-bond donors (Lipinski definition) is 1. The summed E-state index contributed by atoms with van der Waals surface area (Å²) in [6.07, 6.45) is 0. The molecule has 1 unspecified atom stereocenters. The minimum atomic E-state index is -2.93. The van der Waals surface area contributed by atoms with Crippen LogP contribution < -0.4 is 10.1 Å². The van der Waals surface area contributed by atoms with Crippen LogP contribution in [0.15, 0.2) is 42.5 Å². The van der Waals surface area contributed by atoms with Gasteiger partial charge in [-0.25, -0.2) is 4.39 Å².